The molecule has 0 bridgehead atoms. The van der Waals surface area contributed by atoms with Crippen molar-refractivity contribution in [2.45, 2.75) is 208 Å². The highest BCUT2D eigenvalue weighted by Crippen LogP contribution is 2.33. The standard InChI is InChI=1S/C35H72/c1-6-9-12-15-18-21-24-27-30-33(4)35(32-29-26-23-20-17-14-11-8-3)34(5)31-28-25-22-19-16-13-10-7-2/h33-35H,6-32H2,1-5H3. The van der Waals surface area contributed by atoms with Gasteiger partial charge >= 0.3 is 0 Å². The first-order valence-electron chi connectivity index (χ1n) is 17.2. The van der Waals surface area contributed by atoms with Gasteiger partial charge in [-0.2, -0.15) is 0 Å². The van der Waals surface area contributed by atoms with Gasteiger partial charge in [-0.25, -0.2) is 0 Å². The Labute approximate surface area is 225 Å². The lowest BCUT2D eigenvalue weighted by atomic mass is 9.75. The molecule has 0 N–H and O–H groups in total. The highest BCUT2D eigenvalue weighted by Gasteiger charge is 2.22. The summed E-state index contributed by atoms with van der Waals surface area (Å²) in [7, 11) is 0. The molecule has 2 unspecified atom stereocenters. The monoisotopic (exact) mass is 493 g/mol. The summed E-state index contributed by atoms with van der Waals surface area (Å²) in [6.07, 6.45) is 39.5. The Morgan fingerprint density at radius 2 is 0.514 bits per heavy atom. The molecule has 0 nitrogen and oxygen atoms in total. The van der Waals surface area contributed by atoms with Crippen LogP contribution in [0.4, 0.5) is 0 Å². The predicted octanol–water partition coefficient (Wildman–Crippen LogP) is 13.5. The van der Waals surface area contributed by atoms with E-state index in [0.717, 1.165) is 17.8 Å². The van der Waals surface area contributed by atoms with Crippen LogP contribution in [-0.4, -0.2) is 0 Å². The Bertz CT molecular complexity index is 346. The molecule has 0 aliphatic carbocycles. The fourth-order valence-corrected chi connectivity index (χ4v) is 6.27. The van der Waals surface area contributed by atoms with Crippen molar-refractivity contribution in [2.75, 3.05) is 0 Å². The van der Waals surface area contributed by atoms with Gasteiger partial charge in [0.05, 0.1) is 0 Å². The SMILES string of the molecule is CCCCCCCCCCC(C)C(CCCCCCCCCC)C(C)CCCCCCCCCC. The zero-order valence-electron chi connectivity index (χ0n) is 25.8. The van der Waals surface area contributed by atoms with Crippen molar-refractivity contribution in [3.63, 3.8) is 0 Å². The van der Waals surface area contributed by atoms with Crippen LogP contribution in [0.2, 0.25) is 0 Å². The lowest BCUT2D eigenvalue weighted by molar-refractivity contribution is 0.204. The molecule has 35 heavy (non-hydrogen) atoms. The van der Waals surface area contributed by atoms with Crippen LogP contribution in [0, 0.1) is 17.8 Å². The molecular formula is C35H72. The highest BCUT2D eigenvalue weighted by molar-refractivity contribution is 4.73. The second-order valence-electron chi connectivity index (χ2n) is 12.4. The first-order valence-corrected chi connectivity index (χ1v) is 17.2. The summed E-state index contributed by atoms with van der Waals surface area (Å²) in [5, 5.41) is 0. The van der Waals surface area contributed by atoms with E-state index in [4.69, 9.17) is 0 Å². The summed E-state index contributed by atoms with van der Waals surface area (Å²) in [4.78, 5) is 0. The maximum atomic E-state index is 2.61. The van der Waals surface area contributed by atoms with Crippen LogP contribution in [0.25, 0.3) is 0 Å². The Hall–Kier alpha value is 0. The van der Waals surface area contributed by atoms with E-state index >= 15 is 0 Å². The second-order valence-corrected chi connectivity index (χ2v) is 12.4. The van der Waals surface area contributed by atoms with Crippen molar-refractivity contribution in [2.24, 2.45) is 17.8 Å². The van der Waals surface area contributed by atoms with Crippen LogP contribution in [0.5, 0.6) is 0 Å². The molecule has 0 heterocycles. The Kier molecular flexibility index (Phi) is 28.6. The molecule has 0 aliphatic rings. The molecule has 0 aliphatic heterocycles. The van der Waals surface area contributed by atoms with Gasteiger partial charge in [-0.15, -0.1) is 0 Å². The van der Waals surface area contributed by atoms with E-state index in [1.165, 1.54) is 173 Å². The van der Waals surface area contributed by atoms with Gasteiger partial charge in [0, 0.05) is 0 Å². The Morgan fingerprint density at radius 1 is 0.286 bits per heavy atom. The maximum absolute atomic E-state index is 2.61. The average Bonchev–Trinajstić information content (AvgIpc) is 2.86. The van der Waals surface area contributed by atoms with Gasteiger partial charge in [-0.05, 0) is 24.2 Å². The Balaban J connectivity index is 4.23. The van der Waals surface area contributed by atoms with Crippen LogP contribution in [-0.2, 0) is 0 Å². The van der Waals surface area contributed by atoms with E-state index in [2.05, 4.69) is 34.6 Å². The lowest BCUT2D eigenvalue weighted by Crippen LogP contribution is -2.20. The molecule has 0 amide bonds. The van der Waals surface area contributed by atoms with Gasteiger partial charge in [0.15, 0.2) is 0 Å². The third-order valence-corrected chi connectivity index (χ3v) is 8.88. The first kappa shape index (κ1) is 35.0. The van der Waals surface area contributed by atoms with Crippen LogP contribution in [0.15, 0.2) is 0 Å². The summed E-state index contributed by atoms with van der Waals surface area (Å²) in [6, 6.07) is 0. The number of unbranched alkanes of at least 4 members (excludes halogenated alkanes) is 21. The largest absolute Gasteiger partial charge is 0.0654 e. The molecule has 0 radical (unpaired) electrons. The minimum absolute atomic E-state index is 0.934. The third kappa shape index (κ3) is 24.1. The molecular weight excluding hydrogens is 420 g/mol. The fraction of sp³-hybridized carbons (Fsp3) is 1.00. The molecule has 0 fully saturated rings. The van der Waals surface area contributed by atoms with Gasteiger partial charge in [-0.1, -0.05) is 202 Å². The summed E-state index contributed by atoms with van der Waals surface area (Å²) >= 11 is 0. The zero-order valence-corrected chi connectivity index (χ0v) is 25.8. The molecule has 0 aromatic heterocycles. The molecule has 0 heteroatoms. The van der Waals surface area contributed by atoms with Gasteiger partial charge in [0.25, 0.3) is 0 Å². The van der Waals surface area contributed by atoms with Crippen LogP contribution < -0.4 is 0 Å². The van der Waals surface area contributed by atoms with E-state index in [1.807, 2.05) is 0 Å². The quantitative estimate of drug-likeness (QED) is 0.0910. The fourth-order valence-electron chi connectivity index (χ4n) is 6.27. The molecule has 0 saturated carbocycles. The van der Waals surface area contributed by atoms with E-state index in [9.17, 15) is 0 Å². The minimum atomic E-state index is 0.934. The molecule has 0 saturated heterocycles. The molecule has 0 aromatic rings. The maximum Gasteiger partial charge on any atom is -0.0363 e. The average molecular weight is 493 g/mol. The smallest absolute Gasteiger partial charge is 0.0363 e. The van der Waals surface area contributed by atoms with Gasteiger partial charge in [0.1, 0.15) is 0 Å². The van der Waals surface area contributed by atoms with Crippen LogP contribution >= 0.6 is 0 Å². The first-order chi connectivity index (χ1) is 17.2. The highest BCUT2D eigenvalue weighted by atomic mass is 14.3. The zero-order chi connectivity index (χ0) is 25.8. The normalized spacial score (nSPS) is 14.3. The second kappa shape index (κ2) is 28.6. The molecule has 212 valence electrons. The lowest BCUT2D eigenvalue weighted by Gasteiger charge is -2.30. The van der Waals surface area contributed by atoms with E-state index in [-0.39, 0.29) is 0 Å². The summed E-state index contributed by atoms with van der Waals surface area (Å²) < 4.78 is 0. The number of hydrogen-bond donors (Lipinski definition) is 0. The van der Waals surface area contributed by atoms with Gasteiger partial charge in [0.2, 0.25) is 0 Å². The van der Waals surface area contributed by atoms with Crippen LogP contribution in [0.3, 0.4) is 0 Å². The summed E-state index contributed by atoms with van der Waals surface area (Å²) in [5.41, 5.74) is 0. The van der Waals surface area contributed by atoms with E-state index < -0.39 is 0 Å². The topological polar surface area (TPSA) is 0 Å². The number of rotatable bonds is 29. The van der Waals surface area contributed by atoms with Crippen LogP contribution in [0.1, 0.15) is 208 Å². The van der Waals surface area contributed by atoms with Crippen molar-refractivity contribution in [3.8, 4) is 0 Å². The molecule has 0 spiro atoms. The molecule has 0 aromatic carbocycles. The molecule has 0 rings (SSSR count). The van der Waals surface area contributed by atoms with Crippen molar-refractivity contribution >= 4 is 0 Å². The third-order valence-electron chi connectivity index (χ3n) is 8.88. The van der Waals surface area contributed by atoms with E-state index in [1.54, 1.807) is 0 Å². The van der Waals surface area contributed by atoms with Crippen molar-refractivity contribution in [1.82, 2.24) is 0 Å². The molecule has 2 atom stereocenters. The Morgan fingerprint density at radius 3 is 0.800 bits per heavy atom. The summed E-state index contributed by atoms with van der Waals surface area (Å²) in [5.74, 6) is 2.84. The summed E-state index contributed by atoms with van der Waals surface area (Å²) in [6.45, 7) is 12.2. The predicted molar refractivity (Wildman–Crippen MR) is 163 cm³/mol. The van der Waals surface area contributed by atoms with Crippen molar-refractivity contribution < 1.29 is 0 Å². The minimum Gasteiger partial charge on any atom is -0.0654 e. The van der Waals surface area contributed by atoms with Crippen molar-refractivity contribution in [1.29, 1.82) is 0 Å². The van der Waals surface area contributed by atoms with Gasteiger partial charge in [-0.3, -0.25) is 0 Å². The van der Waals surface area contributed by atoms with Crippen molar-refractivity contribution in [3.05, 3.63) is 0 Å². The van der Waals surface area contributed by atoms with Gasteiger partial charge < -0.3 is 0 Å². The van der Waals surface area contributed by atoms with E-state index in [0.29, 0.717) is 0 Å². The number of hydrogen-bond acceptors (Lipinski definition) is 0.